The van der Waals surface area contributed by atoms with Crippen molar-refractivity contribution in [2.45, 2.75) is 45.1 Å². The summed E-state index contributed by atoms with van der Waals surface area (Å²) in [6, 6.07) is 2.34. The van der Waals surface area contributed by atoms with E-state index >= 15 is 0 Å². The third-order valence-corrected chi connectivity index (χ3v) is 3.02. The van der Waals surface area contributed by atoms with Crippen molar-refractivity contribution in [3.8, 4) is 0 Å². The lowest BCUT2D eigenvalue weighted by Crippen LogP contribution is -2.38. The lowest BCUT2D eigenvalue weighted by atomic mass is 9.96. The standard InChI is InChI=1S/C11H17N3OS/c1-8-7-10(15-14-8)13-11(16)12-9-5-3-2-4-6-9/h7,9H,2-6H2,1H3,(H2,12,13,16). The van der Waals surface area contributed by atoms with Gasteiger partial charge in [-0.15, -0.1) is 0 Å². The van der Waals surface area contributed by atoms with Gasteiger partial charge in [-0.3, -0.25) is 0 Å². The van der Waals surface area contributed by atoms with Gasteiger partial charge in [0.2, 0.25) is 5.88 Å². The Hall–Kier alpha value is -1.10. The first kappa shape index (κ1) is 11.4. The van der Waals surface area contributed by atoms with Crippen molar-refractivity contribution in [1.82, 2.24) is 10.5 Å². The average molecular weight is 239 g/mol. The van der Waals surface area contributed by atoms with E-state index < -0.39 is 0 Å². The van der Waals surface area contributed by atoms with Gasteiger partial charge in [0.05, 0.1) is 5.69 Å². The molecule has 0 aliphatic heterocycles. The Morgan fingerprint density at radius 2 is 2.19 bits per heavy atom. The Morgan fingerprint density at radius 3 is 2.81 bits per heavy atom. The maximum absolute atomic E-state index is 5.22. The van der Waals surface area contributed by atoms with E-state index in [4.69, 9.17) is 16.7 Å². The number of aromatic nitrogens is 1. The van der Waals surface area contributed by atoms with E-state index in [0.717, 1.165) is 5.69 Å². The van der Waals surface area contributed by atoms with Crippen LogP contribution in [0.1, 0.15) is 37.8 Å². The first-order valence-corrected chi connectivity index (χ1v) is 6.16. The molecule has 0 bridgehead atoms. The Labute approximate surface area is 101 Å². The third kappa shape index (κ3) is 3.20. The van der Waals surface area contributed by atoms with Crippen molar-refractivity contribution >= 4 is 23.2 Å². The highest BCUT2D eigenvalue weighted by atomic mass is 32.1. The molecule has 1 aliphatic rings. The summed E-state index contributed by atoms with van der Waals surface area (Å²) < 4.78 is 5.04. The number of nitrogens with one attached hydrogen (secondary N) is 2. The van der Waals surface area contributed by atoms with Gasteiger partial charge in [-0.2, -0.15) is 0 Å². The number of thiocarbonyl (C=S) groups is 1. The van der Waals surface area contributed by atoms with Gasteiger partial charge in [-0.05, 0) is 32.0 Å². The summed E-state index contributed by atoms with van der Waals surface area (Å²) >= 11 is 5.22. The van der Waals surface area contributed by atoms with Crippen LogP contribution in [0.15, 0.2) is 10.6 Å². The number of hydrogen-bond acceptors (Lipinski definition) is 3. The first-order valence-electron chi connectivity index (χ1n) is 5.75. The minimum absolute atomic E-state index is 0.512. The van der Waals surface area contributed by atoms with Crippen LogP contribution in [-0.2, 0) is 0 Å². The molecule has 2 N–H and O–H groups in total. The van der Waals surface area contributed by atoms with E-state index in [1.165, 1.54) is 32.1 Å². The molecule has 0 saturated heterocycles. The summed E-state index contributed by atoms with van der Waals surface area (Å²) in [5.74, 6) is 0.603. The van der Waals surface area contributed by atoms with Gasteiger partial charge in [0.1, 0.15) is 0 Å². The molecule has 0 unspecified atom stereocenters. The summed E-state index contributed by atoms with van der Waals surface area (Å²) in [7, 11) is 0. The van der Waals surface area contributed by atoms with Crippen molar-refractivity contribution in [3.05, 3.63) is 11.8 Å². The van der Waals surface area contributed by atoms with Crippen LogP contribution in [0.4, 0.5) is 5.88 Å². The number of nitrogens with zero attached hydrogens (tertiary/aromatic N) is 1. The van der Waals surface area contributed by atoms with E-state index in [0.29, 0.717) is 17.0 Å². The summed E-state index contributed by atoms with van der Waals surface area (Å²) in [5.41, 5.74) is 0.850. The van der Waals surface area contributed by atoms with Crippen LogP contribution in [0.25, 0.3) is 0 Å². The summed E-state index contributed by atoms with van der Waals surface area (Å²) in [5, 5.41) is 10.7. The first-order chi connectivity index (χ1) is 7.74. The van der Waals surface area contributed by atoms with Crippen LogP contribution < -0.4 is 10.6 Å². The second kappa shape index (κ2) is 5.30. The zero-order valence-electron chi connectivity index (χ0n) is 9.45. The molecule has 1 aliphatic carbocycles. The quantitative estimate of drug-likeness (QED) is 0.777. The van der Waals surface area contributed by atoms with E-state index in [9.17, 15) is 0 Å². The second-order valence-electron chi connectivity index (χ2n) is 4.27. The molecule has 1 saturated carbocycles. The number of aryl methyl sites for hydroxylation is 1. The molecule has 0 amide bonds. The molecule has 4 nitrogen and oxygen atoms in total. The smallest absolute Gasteiger partial charge is 0.231 e. The van der Waals surface area contributed by atoms with Crippen molar-refractivity contribution < 1.29 is 4.52 Å². The van der Waals surface area contributed by atoms with Gasteiger partial charge in [-0.25, -0.2) is 0 Å². The molecule has 1 fully saturated rings. The van der Waals surface area contributed by atoms with Gasteiger partial charge >= 0.3 is 0 Å². The van der Waals surface area contributed by atoms with Crippen molar-refractivity contribution in [3.63, 3.8) is 0 Å². The van der Waals surface area contributed by atoms with Crippen molar-refractivity contribution in [2.24, 2.45) is 0 Å². The molecule has 5 heteroatoms. The lowest BCUT2D eigenvalue weighted by Gasteiger charge is -2.23. The molecule has 1 aromatic heterocycles. The van der Waals surface area contributed by atoms with Crippen molar-refractivity contribution in [1.29, 1.82) is 0 Å². The largest absolute Gasteiger partial charge is 0.360 e. The minimum Gasteiger partial charge on any atom is -0.360 e. The molecule has 0 radical (unpaired) electrons. The molecule has 16 heavy (non-hydrogen) atoms. The summed E-state index contributed by atoms with van der Waals surface area (Å²) in [6.45, 7) is 1.88. The zero-order valence-corrected chi connectivity index (χ0v) is 10.3. The fourth-order valence-electron chi connectivity index (χ4n) is 2.00. The predicted molar refractivity (Wildman–Crippen MR) is 67.5 cm³/mol. The van der Waals surface area contributed by atoms with Gasteiger partial charge in [-0.1, -0.05) is 24.4 Å². The average Bonchev–Trinajstić information content (AvgIpc) is 2.65. The number of rotatable bonds is 2. The van der Waals surface area contributed by atoms with E-state index in [2.05, 4.69) is 15.8 Å². The Bertz CT molecular complexity index is 358. The van der Waals surface area contributed by atoms with Gasteiger partial charge < -0.3 is 15.2 Å². The maximum Gasteiger partial charge on any atom is 0.231 e. The fourth-order valence-corrected chi connectivity index (χ4v) is 2.27. The van der Waals surface area contributed by atoms with Crippen LogP contribution in [-0.4, -0.2) is 16.3 Å². The molecule has 0 atom stereocenters. The number of hydrogen-bond donors (Lipinski definition) is 2. The van der Waals surface area contributed by atoms with Gasteiger partial charge in [0.15, 0.2) is 5.11 Å². The molecule has 1 aromatic rings. The highest BCUT2D eigenvalue weighted by molar-refractivity contribution is 7.80. The Balaban J connectivity index is 1.79. The van der Waals surface area contributed by atoms with Gasteiger partial charge in [0.25, 0.3) is 0 Å². The van der Waals surface area contributed by atoms with Crippen LogP contribution in [0.5, 0.6) is 0 Å². The minimum atomic E-state index is 0.512. The molecular weight excluding hydrogens is 222 g/mol. The predicted octanol–water partition coefficient (Wildman–Crippen LogP) is 2.60. The lowest BCUT2D eigenvalue weighted by molar-refractivity contribution is 0.412. The van der Waals surface area contributed by atoms with Crippen LogP contribution >= 0.6 is 12.2 Å². The van der Waals surface area contributed by atoms with Gasteiger partial charge in [0, 0.05) is 12.1 Å². The Morgan fingerprint density at radius 1 is 1.44 bits per heavy atom. The molecule has 88 valence electrons. The fraction of sp³-hybridized carbons (Fsp3) is 0.636. The topological polar surface area (TPSA) is 50.1 Å². The summed E-state index contributed by atoms with van der Waals surface area (Å²) in [6.07, 6.45) is 6.34. The molecule has 1 heterocycles. The highest BCUT2D eigenvalue weighted by Crippen LogP contribution is 2.17. The van der Waals surface area contributed by atoms with Crippen LogP contribution in [0, 0.1) is 6.92 Å². The van der Waals surface area contributed by atoms with Crippen molar-refractivity contribution in [2.75, 3.05) is 5.32 Å². The zero-order chi connectivity index (χ0) is 11.4. The normalized spacial score (nSPS) is 17.1. The number of anilines is 1. The maximum atomic E-state index is 5.22. The third-order valence-electron chi connectivity index (χ3n) is 2.81. The molecular formula is C11H17N3OS. The van der Waals surface area contributed by atoms with E-state index in [1.807, 2.05) is 13.0 Å². The van der Waals surface area contributed by atoms with E-state index in [1.54, 1.807) is 0 Å². The monoisotopic (exact) mass is 239 g/mol. The van der Waals surface area contributed by atoms with E-state index in [-0.39, 0.29) is 0 Å². The highest BCUT2D eigenvalue weighted by Gasteiger charge is 2.14. The molecule has 2 rings (SSSR count). The summed E-state index contributed by atoms with van der Waals surface area (Å²) in [4.78, 5) is 0. The molecule has 0 aromatic carbocycles. The molecule has 0 spiro atoms. The van der Waals surface area contributed by atoms with Crippen LogP contribution in [0.2, 0.25) is 0 Å². The second-order valence-corrected chi connectivity index (χ2v) is 4.67. The SMILES string of the molecule is Cc1cc(NC(=S)NC2CCCCC2)on1. The van der Waals surface area contributed by atoms with Crippen LogP contribution in [0.3, 0.4) is 0 Å². The Kier molecular flexibility index (Phi) is 3.77.